The predicted octanol–water partition coefficient (Wildman–Crippen LogP) is 0.787. The number of nitrogens with zero attached hydrogens (tertiary/aromatic N) is 1. The summed E-state index contributed by atoms with van der Waals surface area (Å²) in [6, 6.07) is 8.49. The Kier molecular flexibility index (Phi) is 5.48. The van der Waals surface area contributed by atoms with Gasteiger partial charge in [-0.3, -0.25) is 9.59 Å². The Morgan fingerprint density at radius 1 is 1.39 bits per heavy atom. The van der Waals surface area contributed by atoms with Gasteiger partial charge in [-0.1, -0.05) is 6.07 Å². The molecule has 0 saturated carbocycles. The van der Waals surface area contributed by atoms with Crippen LogP contribution in [0.15, 0.2) is 47.4 Å². The fourth-order valence-corrected chi connectivity index (χ4v) is 2.02. The molecule has 1 aromatic heterocycles. The van der Waals surface area contributed by atoms with Gasteiger partial charge in [0.15, 0.2) is 11.6 Å². The molecule has 7 heteroatoms. The molecule has 0 aliphatic carbocycles. The van der Waals surface area contributed by atoms with E-state index in [4.69, 9.17) is 4.74 Å². The van der Waals surface area contributed by atoms with Crippen molar-refractivity contribution in [2.45, 2.75) is 12.6 Å². The van der Waals surface area contributed by atoms with E-state index in [2.05, 4.69) is 5.32 Å². The number of aliphatic hydroxyl groups excluding tert-OH is 1. The van der Waals surface area contributed by atoms with Crippen molar-refractivity contribution in [1.82, 2.24) is 9.88 Å². The van der Waals surface area contributed by atoms with Gasteiger partial charge in [-0.25, -0.2) is 4.39 Å². The molecule has 1 atom stereocenters. The minimum Gasteiger partial charge on any atom is -0.494 e. The maximum atomic E-state index is 13.5. The van der Waals surface area contributed by atoms with Gasteiger partial charge in [0.1, 0.15) is 0 Å². The van der Waals surface area contributed by atoms with Crippen molar-refractivity contribution < 1.29 is 19.0 Å². The quantitative estimate of drug-likeness (QED) is 0.824. The van der Waals surface area contributed by atoms with Crippen LogP contribution in [-0.2, 0) is 6.54 Å². The number of methoxy groups -OCH3 is 1. The third kappa shape index (κ3) is 4.40. The molecule has 1 amide bonds. The lowest BCUT2D eigenvalue weighted by atomic mass is 10.2. The maximum Gasteiger partial charge on any atom is 0.251 e. The van der Waals surface area contributed by atoms with Crippen LogP contribution in [0.25, 0.3) is 0 Å². The van der Waals surface area contributed by atoms with E-state index in [0.29, 0.717) is 0 Å². The zero-order valence-corrected chi connectivity index (χ0v) is 12.5. The van der Waals surface area contributed by atoms with Crippen LogP contribution in [0.1, 0.15) is 10.4 Å². The highest BCUT2D eigenvalue weighted by atomic mass is 19.1. The van der Waals surface area contributed by atoms with Crippen molar-refractivity contribution >= 4 is 5.91 Å². The van der Waals surface area contributed by atoms with E-state index in [1.54, 1.807) is 18.3 Å². The summed E-state index contributed by atoms with van der Waals surface area (Å²) in [4.78, 5) is 23.4. The second kappa shape index (κ2) is 7.55. The first-order chi connectivity index (χ1) is 11.0. The van der Waals surface area contributed by atoms with Crippen molar-refractivity contribution in [2.75, 3.05) is 13.7 Å². The van der Waals surface area contributed by atoms with Crippen LogP contribution in [0.2, 0.25) is 0 Å². The number of nitrogens with one attached hydrogen (secondary N) is 1. The van der Waals surface area contributed by atoms with Gasteiger partial charge in [-0.2, -0.15) is 0 Å². The topological polar surface area (TPSA) is 80.6 Å². The Morgan fingerprint density at radius 3 is 2.83 bits per heavy atom. The predicted molar refractivity (Wildman–Crippen MR) is 82.0 cm³/mol. The molecular weight excluding hydrogens is 303 g/mol. The van der Waals surface area contributed by atoms with Crippen LogP contribution in [-0.4, -0.2) is 35.3 Å². The number of benzene rings is 1. The fourth-order valence-electron chi connectivity index (χ4n) is 2.02. The molecule has 0 fully saturated rings. The van der Waals surface area contributed by atoms with Crippen LogP contribution in [0.3, 0.4) is 0 Å². The lowest BCUT2D eigenvalue weighted by Crippen LogP contribution is -2.36. The van der Waals surface area contributed by atoms with E-state index in [0.717, 1.165) is 6.07 Å². The SMILES string of the molecule is COc1ccc(C(=O)NCC(O)Cn2ccccc2=O)cc1F. The number of pyridine rings is 1. The molecule has 0 radical (unpaired) electrons. The summed E-state index contributed by atoms with van der Waals surface area (Å²) >= 11 is 0. The van der Waals surface area contributed by atoms with Gasteiger partial charge in [-0.05, 0) is 24.3 Å². The number of hydrogen-bond acceptors (Lipinski definition) is 4. The number of carbonyl (C=O) groups is 1. The highest BCUT2D eigenvalue weighted by molar-refractivity contribution is 5.94. The molecular formula is C16H17FN2O4. The Hall–Kier alpha value is -2.67. The second-order valence-electron chi connectivity index (χ2n) is 4.90. The van der Waals surface area contributed by atoms with Crippen molar-refractivity contribution in [3.05, 3.63) is 64.3 Å². The summed E-state index contributed by atoms with van der Waals surface area (Å²) in [6.45, 7) is -0.00918. The smallest absolute Gasteiger partial charge is 0.251 e. The van der Waals surface area contributed by atoms with E-state index < -0.39 is 17.8 Å². The average molecular weight is 320 g/mol. The van der Waals surface area contributed by atoms with Gasteiger partial charge in [-0.15, -0.1) is 0 Å². The molecule has 6 nitrogen and oxygen atoms in total. The summed E-state index contributed by atoms with van der Waals surface area (Å²) in [5.74, 6) is -1.12. The van der Waals surface area contributed by atoms with E-state index in [1.807, 2.05) is 0 Å². The van der Waals surface area contributed by atoms with Crippen LogP contribution in [0.4, 0.5) is 4.39 Å². The normalized spacial score (nSPS) is 11.8. The number of carbonyl (C=O) groups excluding carboxylic acids is 1. The third-order valence-electron chi connectivity index (χ3n) is 3.22. The highest BCUT2D eigenvalue weighted by Gasteiger charge is 2.12. The molecule has 0 spiro atoms. The summed E-state index contributed by atoms with van der Waals surface area (Å²) < 4.78 is 19.7. The van der Waals surface area contributed by atoms with Crippen LogP contribution < -0.4 is 15.6 Å². The first-order valence-corrected chi connectivity index (χ1v) is 6.96. The average Bonchev–Trinajstić information content (AvgIpc) is 2.54. The minimum atomic E-state index is -0.942. The zero-order valence-electron chi connectivity index (χ0n) is 12.5. The van der Waals surface area contributed by atoms with Gasteiger partial charge in [0.05, 0.1) is 19.8 Å². The Morgan fingerprint density at radius 2 is 2.17 bits per heavy atom. The van der Waals surface area contributed by atoms with E-state index in [-0.39, 0.29) is 30.0 Å². The maximum absolute atomic E-state index is 13.5. The zero-order chi connectivity index (χ0) is 16.8. The van der Waals surface area contributed by atoms with Crippen molar-refractivity contribution in [3.8, 4) is 5.75 Å². The highest BCUT2D eigenvalue weighted by Crippen LogP contribution is 2.17. The van der Waals surface area contributed by atoms with Crippen LogP contribution >= 0.6 is 0 Å². The number of amides is 1. The van der Waals surface area contributed by atoms with Gasteiger partial charge in [0.25, 0.3) is 11.5 Å². The number of hydrogen-bond donors (Lipinski definition) is 2. The molecule has 2 N–H and O–H groups in total. The standard InChI is InChI=1S/C16H17FN2O4/c1-23-14-6-5-11(8-13(14)17)16(22)18-9-12(20)10-19-7-3-2-4-15(19)21/h2-8,12,20H,9-10H2,1H3,(H,18,22). The first-order valence-electron chi connectivity index (χ1n) is 6.96. The Labute approximate surface area is 132 Å². The number of ether oxygens (including phenoxy) is 1. The largest absolute Gasteiger partial charge is 0.494 e. The Balaban J connectivity index is 1.92. The molecule has 23 heavy (non-hydrogen) atoms. The number of aliphatic hydroxyl groups is 1. The molecule has 0 saturated heterocycles. The molecule has 1 unspecified atom stereocenters. The minimum absolute atomic E-state index is 0.0463. The van der Waals surface area contributed by atoms with Gasteiger partial charge in [0, 0.05) is 24.4 Å². The van der Waals surface area contributed by atoms with Gasteiger partial charge in [0.2, 0.25) is 0 Å². The summed E-state index contributed by atoms with van der Waals surface area (Å²) in [5.41, 5.74) is -0.123. The van der Waals surface area contributed by atoms with E-state index in [1.165, 1.54) is 29.9 Å². The van der Waals surface area contributed by atoms with Gasteiger partial charge < -0.3 is 19.7 Å². The van der Waals surface area contributed by atoms with Crippen molar-refractivity contribution in [2.24, 2.45) is 0 Å². The molecule has 0 bridgehead atoms. The number of aromatic nitrogens is 1. The molecule has 2 aromatic rings. The Bertz CT molecular complexity index is 745. The summed E-state index contributed by atoms with van der Waals surface area (Å²) in [5, 5.41) is 12.4. The van der Waals surface area contributed by atoms with Gasteiger partial charge >= 0.3 is 0 Å². The monoisotopic (exact) mass is 320 g/mol. The molecule has 122 valence electrons. The third-order valence-corrected chi connectivity index (χ3v) is 3.22. The number of halogens is 1. The van der Waals surface area contributed by atoms with Crippen LogP contribution in [0.5, 0.6) is 5.75 Å². The van der Waals surface area contributed by atoms with Crippen molar-refractivity contribution in [3.63, 3.8) is 0 Å². The lowest BCUT2D eigenvalue weighted by Gasteiger charge is -2.13. The summed E-state index contributed by atoms with van der Waals surface area (Å²) in [7, 11) is 1.33. The first kappa shape index (κ1) is 16.7. The van der Waals surface area contributed by atoms with Crippen molar-refractivity contribution in [1.29, 1.82) is 0 Å². The van der Waals surface area contributed by atoms with E-state index in [9.17, 15) is 19.1 Å². The molecule has 2 rings (SSSR count). The van der Waals surface area contributed by atoms with Crippen LogP contribution in [0, 0.1) is 5.82 Å². The van der Waals surface area contributed by atoms with E-state index >= 15 is 0 Å². The molecule has 0 aliphatic heterocycles. The fraction of sp³-hybridized carbons (Fsp3) is 0.250. The lowest BCUT2D eigenvalue weighted by molar-refractivity contribution is 0.0902. The second-order valence-corrected chi connectivity index (χ2v) is 4.90. The molecule has 0 aliphatic rings. The number of rotatable bonds is 6. The molecule has 1 aromatic carbocycles. The summed E-state index contributed by atoms with van der Waals surface area (Å²) in [6.07, 6.45) is 0.605. The molecule has 1 heterocycles.